The minimum Gasteiger partial charge on any atom is -0.396 e. The number of likely N-dealkylation sites (tertiary alicyclic amines) is 1. The monoisotopic (exact) mass is 336 g/mol. The maximum Gasteiger partial charge on any atom is 0.162 e. The van der Waals surface area contributed by atoms with Gasteiger partial charge in [-0.3, -0.25) is 9.80 Å². The first-order valence-corrected chi connectivity index (χ1v) is 9.23. The van der Waals surface area contributed by atoms with Gasteiger partial charge in [-0.25, -0.2) is 8.78 Å². The summed E-state index contributed by atoms with van der Waals surface area (Å²) >= 11 is 0. The van der Waals surface area contributed by atoms with E-state index < -0.39 is 11.6 Å². The Morgan fingerprint density at radius 1 is 1.08 bits per heavy atom. The van der Waals surface area contributed by atoms with Crippen LogP contribution in [0.3, 0.4) is 0 Å². The molecule has 3 nitrogen and oxygen atoms in total. The zero-order chi connectivity index (χ0) is 16.7. The Kier molecular flexibility index (Phi) is 4.58. The van der Waals surface area contributed by atoms with Crippen LogP contribution >= 0.6 is 0 Å². The molecule has 1 N–H and O–H groups in total. The lowest BCUT2D eigenvalue weighted by atomic mass is 9.75. The molecule has 4 fully saturated rings. The molecule has 1 aromatic rings. The predicted molar refractivity (Wildman–Crippen MR) is 88.9 cm³/mol. The second-order valence-corrected chi connectivity index (χ2v) is 7.53. The average Bonchev–Trinajstić information content (AvgIpc) is 3.00. The van der Waals surface area contributed by atoms with Gasteiger partial charge in [-0.2, -0.15) is 0 Å². The van der Waals surface area contributed by atoms with E-state index in [9.17, 15) is 8.78 Å². The standard InChI is InChI=1S/C19H26F2N2O/c20-16-5-3-4-14(17(16)21)15-12-23(8-1-2-11-24)18-13-6-9-22(10-7-13)19(15)18/h3-5,13,15,18-19,24H,1-2,6-12H2/t15-,18-,19-/m1/s1. The Labute approximate surface area is 142 Å². The number of nitrogens with zero attached hydrogens (tertiary/aromatic N) is 2. The molecule has 0 radical (unpaired) electrons. The zero-order valence-electron chi connectivity index (χ0n) is 14.0. The average molecular weight is 336 g/mol. The normalized spacial score (nSPS) is 35.4. The molecule has 5 heteroatoms. The molecule has 2 bridgehead atoms. The molecule has 3 atom stereocenters. The molecule has 0 unspecified atom stereocenters. The van der Waals surface area contributed by atoms with Crippen LogP contribution in [0.2, 0.25) is 0 Å². The van der Waals surface area contributed by atoms with Crippen LogP contribution in [0.1, 0.15) is 37.2 Å². The summed E-state index contributed by atoms with van der Waals surface area (Å²) in [5.74, 6) is -0.682. The zero-order valence-corrected chi connectivity index (χ0v) is 14.0. The molecular formula is C19H26F2N2O. The molecule has 4 heterocycles. The number of piperidine rings is 3. The Morgan fingerprint density at radius 3 is 2.62 bits per heavy atom. The van der Waals surface area contributed by atoms with Gasteiger partial charge in [0.05, 0.1) is 0 Å². The molecule has 4 aliphatic heterocycles. The number of halogens is 2. The van der Waals surface area contributed by atoms with Gasteiger partial charge in [-0.1, -0.05) is 12.1 Å². The van der Waals surface area contributed by atoms with Crippen molar-refractivity contribution in [2.75, 3.05) is 32.8 Å². The van der Waals surface area contributed by atoms with E-state index in [0.29, 0.717) is 23.6 Å². The number of aliphatic hydroxyl groups excluding tert-OH is 1. The van der Waals surface area contributed by atoms with E-state index in [1.807, 2.05) is 0 Å². The number of benzene rings is 1. The Hall–Kier alpha value is -1.04. The van der Waals surface area contributed by atoms with E-state index in [2.05, 4.69) is 9.80 Å². The Bertz CT molecular complexity index is 589. The van der Waals surface area contributed by atoms with Crippen LogP contribution in [0.15, 0.2) is 18.2 Å². The molecule has 4 aliphatic rings. The van der Waals surface area contributed by atoms with Gasteiger partial charge >= 0.3 is 0 Å². The first-order chi connectivity index (χ1) is 11.7. The van der Waals surface area contributed by atoms with E-state index >= 15 is 0 Å². The molecule has 0 aromatic heterocycles. The molecule has 24 heavy (non-hydrogen) atoms. The van der Waals surface area contributed by atoms with Crippen molar-refractivity contribution < 1.29 is 13.9 Å². The third-order valence-electron chi connectivity index (χ3n) is 6.33. The fraction of sp³-hybridized carbons (Fsp3) is 0.684. The minimum absolute atomic E-state index is 0.0444. The molecule has 5 rings (SSSR count). The van der Waals surface area contributed by atoms with E-state index in [4.69, 9.17) is 5.11 Å². The van der Waals surface area contributed by atoms with Gasteiger partial charge in [-0.05, 0) is 62.9 Å². The van der Waals surface area contributed by atoms with E-state index in [-0.39, 0.29) is 12.5 Å². The van der Waals surface area contributed by atoms with Crippen molar-refractivity contribution in [3.63, 3.8) is 0 Å². The topological polar surface area (TPSA) is 26.7 Å². The van der Waals surface area contributed by atoms with Gasteiger partial charge in [0, 0.05) is 31.2 Å². The summed E-state index contributed by atoms with van der Waals surface area (Å²) in [5, 5.41) is 9.06. The van der Waals surface area contributed by atoms with Crippen molar-refractivity contribution >= 4 is 0 Å². The molecule has 1 aromatic carbocycles. The highest BCUT2D eigenvalue weighted by Crippen LogP contribution is 2.47. The van der Waals surface area contributed by atoms with E-state index in [1.54, 1.807) is 12.1 Å². The molecular weight excluding hydrogens is 310 g/mol. The smallest absolute Gasteiger partial charge is 0.162 e. The lowest BCUT2D eigenvalue weighted by Gasteiger charge is -2.51. The second kappa shape index (κ2) is 6.70. The van der Waals surface area contributed by atoms with Gasteiger partial charge in [-0.15, -0.1) is 0 Å². The van der Waals surface area contributed by atoms with Crippen molar-refractivity contribution in [1.82, 2.24) is 9.80 Å². The lowest BCUT2D eigenvalue weighted by molar-refractivity contribution is -0.00721. The molecule has 0 amide bonds. The predicted octanol–water partition coefficient (Wildman–Crippen LogP) is 2.60. The Balaban J connectivity index is 1.63. The van der Waals surface area contributed by atoms with Gasteiger partial charge in [0.2, 0.25) is 0 Å². The number of aliphatic hydroxyl groups is 1. The van der Waals surface area contributed by atoms with Gasteiger partial charge < -0.3 is 5.11 Å². The Morgan fingerprint density at radius 2 is 1.88 bits per heavy atom. The van der Waals surface area contributed by atoms with Crippen molar-refractivity contribution in [3.8, 4) is 0 Å². The van der Waals surface area contributed by atoms with Crippen molar-refractivity contribution in [3.05, 3.63) is 35.4 Å². The summed E-state index contributed by atoms with van der Waals surface area (Å²) in [6, 6.07) is 5.37. The van der Waals surface area contributed by atoms with Crippen LogP contribution in [-0.4, -0.2) is 59.8 Å². The van der Waals surface area contributed by atoms with Crippen LogP contribution in [0.5, 0.6) is 0 Å². The van der Waals surface area contributed by atoms with Crippen molar-refractivity contribution in [2.24, 2.45) is 5.92 Å². The number of fused-ring (bicyclic) bond motifs is 2. The molecule has 132 valence electrons. The third-order valence-corrected chi connectivity index (χ3v) is 6.33. The highest BCUT2D eigenvalue weighted by molar-refractivity contribution is 5.29. The van der Waals surface area contributed by atoms with Gasteiger partial charge in [0.15, 0.2) is 11.6 Å². The van der Waals surface area contributed by atoms with Crippen LogP contribution in [0.25, 0.3) is 0 Å². The van der Waals surface area contributed by atoms with Gasteiger partial charge in [0.1, 0.15) is 0 Å². The summed E-state index contributed by atoms with van der Waals surface area (Å²) in [6.07, 6.45) is 4.21. The second-order valence-electron chi connectivity index (χ2n) is 7.53. The van der Waals surface area contributed by atoms with Crippen molar-refractivity contribution in [1.29, 1.82) is 0 Å². The number of rotatable bonds is 5. The van der Waals surface area contributed by atoms with E-state index in [1.165, 1.54) is 18.9 Å². The van der Waals surface area contributed by atoms with Gasteiger partial charge in [0.25, 0.3) is 0 Å². The quantitative estimate of drug-likeness (QED) is 0.838. The number of unbranched alkanes of at least 4 members (excludes halogenated alkanes) is 1. The molecule has 4 saturated heterocycles. The largest absolute Gasteiger partial charge is 0.396 e. The van der Waals surface area contributed by atoms with Crippen LogP contribution < -0.4 is 0 Å². The fourth-order valence-corrected chi connectivity index (χ4v) is 5.30. The SMILES string of the molecule is OCCCCN1C[C@H](c2cccc(F)c2F)[C@@H]2[C@H]1C1CCN2CC1. The third kappa shape index (κ3) is 2.67. The summed E-state index contributed by atoms with van der Waals surface area (Å²) < 4.78 is 28.2. The summed E-state index contributed by atoms with van der Waals surface area (Å²) in [4.78, 5) is 5.00. The van der Waals surface area contributed by atoms with Crippen LogP contribution in [-0.2, 0) is 0 Å². The summed E-state index contributed by atoms with van der Waals surface area (Å²) in [5.41, 5.74) is 0.544. The first-order valence-electron chi connectivity index (χ1n) is 9.23. The van der Waals surface area contributed by atoms with Crippen molar-refractivity contribution in [2.45, 2.75) is 43.7 Å². The first kappa shape index (κ1) is 16.4. The van der Waals surface area contributed by atoms with Crippen LogP contribution in [0.4, 0.5) is 8.78 Å². The highest BCUT2D eigenvalue weighted by atomic mass is 19.2. The highest BCUT2D eigenvalue weighted by Gasteiger charge is 2.53. The molecule has 0 spiro atoms. The summed E-state index contributed by atoms with van der Waals surface area (Å²) in [6.45, 7) is 4.14. The maximum atomic E-state index is 14.4. The molecule has 0 saturated carbocycles. The summed E-state index contributed by atoms with van der Waals surface area (Å²) in [7, 11) is 0. The minimum atomic E-state index is -0.737. The van der Waals surface area contributed by atoms with E-state index in [0.717, 1.165) is 39.0 Å². The number of hydrogen-bond donors (Lipinski definition) is 1. The van der Waals surface area contributed by atoms with Crippen LogP contribution in [0, 0.1) is 17.6 Å². The maximum absolute atomic E-state index is 14.4. The molecule has 0 aliphatic carbocycles. The lowest BCUT2D eigenvalue weighted by Crippen LogP contribution is -2.60. The number of hydrogen-bond acceptors (Lipinski definition) is 3. The fourth-order valence-electron chi connectivity index (χ4n) is 5.30.